The van der Waals surface area contributed by atoms with Crippen molar-refractivity contribution in [3.05, 3.63) is 48.7 Å². The lowest BCUT2D eigenvalue weighted by atomic mass is 10.1. The smallest absolute Gasteiger partial charge is 0.0413 e. The Morgan fingerprint density at radius 2 is 2.07 bits per heavy atom. The van der Waals surface area contributed by atoms with E-state index < -0.39 is 0 Å². The molecule has 1 nitrogen and oxygen atoms in total. The molecule has 0 rings (SSSR count). The fraction of sp³-hybridized carbons (Fsp3) is 0.385. The summed E-state index contributed by atoms with van der Waals surface area (Å²) in [5.74, 6) is 0. The molecule has 0 fully saturated rings. The van der Waals surface area contributed by atoms with Crippen LogP contribution in [-0.2, 0) is 0 Å². The van der Waals surface area contributed by atoms with Gasteiger partial charge in [-0.1, -0.05) is 37.3 Å². The van der Waals surface area contributed by atoms with Crippen LogP contribution in [0.15, 0.2) is 48.7 Å². The molecule has 1 atom stereocenters. The van der Waals surface area contributed by atoms with Gasteiger partial charge in [-0.05, 0) is 26.3 Å². The third-order valence-electron chi connectivity index (χ3n) is 2.13. The van der Waals surface area contributed by atoms with Crippen LogP contribution < -0.4 is 5.32 Å². The van der Waals surface area contributed by atoms with Crippen LogP contribution in [0.1, 0.15) is 27.2 Å². The van der Waals surface area contributed by atoms with E-state index in [1.54, 1.807) is 6.08 Å². The van der Waals surface area contributed by atoms with Gasteiger partial charge in [-0.25, -0.2) is 0 Å². The summed E-state index contributed by atoms with van der Waals surface area (Å²) < 4.78 is 0. The lowest BCUT2D eigenvalue weighted by Gasteiger charge is -2.14. The van der Waals surface area contributed by atoms with E-state index in [0.29, 0.717) is 6.04 Å². The lowest BCUT2D eigenvalue weighted by molar-refractivity contribution is 0.732. The van der Waals surface area contributed by atoms with Gasteiger partial charge in [0.15, 0.2) is 0 Å². The summed E-state index contributed by atoms with van der Waals surface area (Å²) in [6.07, 6.45) is 8.71. The molecule has 78 valence electrons. The molecule has 0 aromatic heterocycles. The Morgan fingerprint density at radius 3 is 2.50 bits per heavy atom. The molecule has 1 unspecified atom stereocenters. The first-order valence-electron chi connectivity index (χ1n) is 5.03. The number of hydrogen-bond acceptors (Lipinski definition) is 1. The summed E-state index contributed by atoms with van der Waals surface area (Å²) in [7, 11) is 0. The van der Waals surface area contributed by atoms with E-state index in [0.717, 1.165) is 6.42 Å². The van der Waals surface area contributed by atoms with Crippen LogP contribution in [0, 0.1) is 0 Å². The number of rotatable bonds is 6. The van der Waals surface area contributed by atoms with Gasteiger partial charge in [0, 0.05) is 11.7 Å². The summed E-state index contributed by atoms with van der Waals surface area (Å²) >= 11 is 0. The van der Waals surface area contributed by atoms with E-state index >= 15 is 0 Å². The van der Waals surface area contributed by atoms with Crippen molar-refractivity contribution in [3.63, 3.8) is 0 Å². The van der Waals surface area contributed by atoms with Crippen molar-refractivity contribution in [2.24, 2.45) is 0 Å². The highest BCUT2D eigenvalue weighted by Crippen LogP contribution is 2.07. The van der Waals surface area contributed by atoms with E-state index in [9.17, 15) is 0 Å². The zero-order valence-electron chi connectivity index (χ0n) is 9.51. The summed E-state index contributed by atoms with van der Waals surface area (Å²) in [5.41, 5.74) is 2.51. The topological polar surface area (TPSA) is 12.0 Å². The number of nitrogens with one attached hydrogen (secondary N) is 1. The van der Waals surface area contributed by atoms with Gasteiger partial charge in [0.25, 0.3) is 0 Å². The van der Waals surface area contributed by atoms with E-state index in [1.807, 2.05) is 18.2 Å². The molecule has 0 saturated carbocycles. The quantitative estimate of drug-likeness (QED) is 0.500. The van der Waals surface area contributed by atoms with Crippen molar-refractivity contribution in [3.8, 4) is 0 Å². The fourth-order valence-corrected chi connectivity index (χ4v) is 0.972. The number of allylic oxidation sites excluding steroid dienone is 4. The highest BCUT2D eigenvalue weighted by molar-refractivity contribution is 5.26. The Balaban J connectivity index is 4.64. The van der Waals surface area contributed by atoms with E-state index in [-0.39, 0.29) is 0 Å². The fourth-order valence-electron chi connectivity index (χ4n) is 0.972. The normalized spacial score (nSPS) is 14.8. The van der Waals surface area contributed by atoms with Crippen LogP contribution in [-0.4, -0.2) is 6.04 Å². The van der Waals surface area contributed by atoms with Gasteiger partial charge in [0.2, 0.25) is 0 Å². The third kappa shape index (κ3) is 4.70. The van der Waals surface area contributed by atoms with Gasteiger partial charge >= 0.3 is 0 Å². The van der Waals surface area contributed by atoms with Gasteiger partial charge < -0.3 is 5.32 Å². The van der Waals surface area contributed by atoms with Crippen LogP contribution in [0.2, 0.25) is 0 Å². The first-order valence-corrected chi connectivity index (χ1v) is 5.03. The monoisotopic (exact) mass is 191 g/mol. The van der Waals surface area contributed by atoms with Gasteiger partial charge in [0.1, 0.15) is 0 Å². The van der Waals surface area contributed by atoms with Crippen LogP contribution in [0.4, 0.5) is 0 Å². The molecule has 1 N–H and O–H groups in total. The van der Waals surface area contributed by atoms with Crippen molar-refractivity contribution in [1.29, 1.82) is 0 Å². The molecule has 0 spiro atoms. The van der Waals surface area contributed by atoms with Crippen molar-refractivity contribution < 1.29 is 0 Å². The van der Waals surface area contributed by atoms with E-state index in [2.05, 4.69) is 39.2 Å². The Labute approximate surface area is 87.9 Å². The van der Waals surface area contributed by atoms with Crippen LogP contribution in [0.3, 0.4) is 0 Å². The predicted octanol–water partition coefficient (Wildman–Crippen LogP) is 3.58. The third-order valence-corrected chi connectivity index (χ3v) is 2.13. The second-order valence-electron chi connectivity index (χ2n) is 3.31. The van der Waals surface area contributed by atoms with Gasteiger partial charge in [-0.3, -0.25) is 0 Å². The number of hydrogen-bond donors (Lipinski definition) is 1. The zero-order chi connectivity index (χ0) is 11.0. The van der Waals surface area contributed by atoms with Gasteiger partial charge in [0.05, 0.1) is 0 Å². The highest BCUT2D eigenvalue weighted by Gasteiger charge is 1.99. The SMILES string of the molecule is C=C/C=C\C(NC(C)C=C)=C(/C)CC. The van der Waals surface area contributed by atoms with Crippen LogP contribution >= 0.6 is 0 Å². The van der Waals surface area contributed by atoms with Crippen molar-refractivity contribution in [1.82, 2.24) is 5.32 Å². The molecule has 0 aliphatic rings. The molecule has 14 heavy (non-hydrogen) atoms. The average molecular weight is 191 g/mol. The molecule has 0 heterocycles. The first kappa shape index (κ1) is 12.8. The largest absolute Gasteiger partial charge is 0.379 e. The molecule has 0 amide bonds. The Hall–Kier alpha value is -1.24. The minimum absolute atomic E-state index is 0.293. The van der Waals surface area contributed by atoms with Gasteiger partial charge in [-0.15, -0.1) is 6.58 Å². The van der Waals surface area contributed by atoms with Crippen molar-refractivity contribution in [2.75, 3.05) is 0 Å². The molecule has 1 heteroatoms. The average Bonchev–Trinajstić information content (AvgIpc) is 2.22. The van der Waals surface area contributed by atoms with Crippen molar-refractivity contribution >= 4 is 0 Å². The Bertz CT molecular complexity index is 246. The van der Waals surface area contributed by atoms with Crippen molar-refractivity contribution in [2.45, 2.75) is 33.2 Å². The standard InChI is InChI=1S/C13H21N/c1-6-9-10-13(11(4)7-2)14-12(5)8-3/h6,8-10,12,14H,1,3,7H2,2,4-5H3/b10-9-,13-11-. The van der Waals surface area contributed by atoms with Crippen LogP contribution in [0.5, 0.6) is 0 Å². The first-order chi connectivity index (χ1) is 6.65. The summed E-state index contributed by atoms with van der Waals surface area (Å²) in [5, 5.41) is 3.38. The lowest BCUT2D eigenvalue weighted by Crippen LogP contribution is -2.23. The predicted molar refractivity (Wildman–Crippen MR) is 65.1 cm³/mol. The molecular formula is C13H21N. The van der Waals surface area contributed by atoms with E-state index in [1.165, 1.54) is 11.3 Å². The summed E-state index contributed by atoms with van der Waals surface area (Å²) in [6.45, 7) is 13.8. The second-order valence-corrected chi connectivity index (χ2v) is 3.31. The second kappa shape index (κ2) is 7.19. The molecule has 0 aliphatic heterocycles. The molecule has 0 radical (unpaired) electrons. The van der Waals surface area contributed by atoms with E-state index in [4.69, 9.17) is 0 Å². The highest BCUT2D eigenvalue weighted by atomic mass is 14.9. The molecule has 0 bridgehead atoms. The molecule has 0 aromatic carbocycles. The Morgan fingerprint density at radius 1 is 1.43 bits per heavy atom. The summed E-state index contributed by atoms with van der Waals surface area (Å²) in [6, 6.07) is 0.293. The maximum atomic E-state index is 3.75. The zero-order valence-corrected chi connectivity index (χ0v) is 9.51. The maximum absolute atomic E-state index is 3.75. The maximum Gasteiger partial charge on any atom is 0.0413 e. The molecule has 0 aromatic rings. The minimum atomic E-state index is 0.293. The molecular weight excluding hydrogens is 170 g/mol. The minimum Gasteiger partial charge on any atom is -0.379 e. The molecule has 0 aliphatic carbocycles. The summed E-state index contributed by atoms with van der Waals surface area (Å²) in [4.78, 5) is 0. The van der Waals surface area contributed by atoms with Crippen LogP contribution in [0.25, 0.3) is 0 Å². The molecule has 0 saturated heterocycles. The van der Waals surface area contributed by atoms with Gasteiger partial charge in [-0.2, -0.15) is 0 Å². The Kier molecular flexibility index (Phi) is 6.55.